The van der Waals surface area contributed by atoms with Crippen molar-refractivity contribution in [2.24, 2.45) is 5.73 Å². The van der Waals surface area contributed by atoms with E-state index in [9.17, 15) is 4.79 Å². The average molecular weight is 192 g/mol. The first-order chi connectivity index (χ1) is 6.79. The van der Waals surface area contributed by atoms with Crippen LogP contribution in [0.1, 0.15) is 5.89 Å². The van der Waals surface area contributed by atoms with Gasteiger partial charge in [-0.05, 0) is 6.07 Å². The molecule has 0 aliphatic rings. The van der Waals surface area contributed by atoms with Crippen LogP contribution in [0.3, 0.4) is 0 Å². The number of aromatic amines is 1. The van der Waals surface area contributed by atoms with Crippen LogP contribution in [0.15, 0.2) is 27.4 Å². The molecule has 72 valence electrons. The maximum atomic E-state index is 11.0. The lowest BCUT2D eigenvalue weighted by atomic mass is 10.3. The van der Waals surface area contributed by atoms with Crippen LogP contribution in [0.5, 0.6) is 0 Å². The third-order valence-electron chi connectivity index (χ3n) is 1.64. The highest BCUT2D eigenvalue weighted by atomic mass is 16.4. The minimum absolute atomic E-state index is 0.185. The number of H-pyrrole nitrogens is 1. The fourth-order valence-electron chi connectivity index (χ4n) is 1.02. The Morgan fingerprint density at radius 2 is 2.29 bits per heavy atom. The lowest BCUT2D eigenvalue weighted by Gasteiger charge is -1.91. The van der Waals surface area contributed by atoms with Crippen molar-refractivity contribution in [2.45, 2.75) is 6.54 Å². The molecule has 0 bridgehead atoms. The normalized spacial score (nSPS) is 10.4. The molecule has 0 aliphatic heterocycles. The van der Waals surface area contributed by atoms with E-state index in [0.717, 1.165) is 0 Å². The fraction of sp³-hybridized carbons (Fsp3) is 0.125. The summed E-state index contributed by atoms with van der Waals surface area (Å²) in [6.45, 7) is 0.185. The predicted molar refractivity (Wildman–Crippen MR) is 48.2 cm³/mol. The summed E-state index contributed by atoms with van der Waals surface area (Å²) in [6.07, 6.45) is 0. The monoisotopic (exact) mass is 192 g/mol. The number of nitrogens with zero attached hydrogens (tertiary/aromatic N) is 2. The molecule has 0 fully saturated rings. The van der Waals surface area contributed by atoms with Gasteiger partial charge in [0.05, 0.1) is 6.54 Å². The molecule has 3 N–H and O–H groups in total. The Balaban J connectivity index is 2.44. The number of hydrogen-bond donors (Lipinski definition) is 2. The van der Waals surface area contributed by atoms with Gasteiger partial charge < -0.3 is 15.1 Å². The summed E-state index contributed by atoms with van der Waals surface area (Å²) in [4.78, 5) is 13.5. The lowest BCUT2D eigenvalue weighted by molar-refractivity contribution is 0.507. The van der Waals surface area contributed by atoms with Gasteiger partial charge in [0.15, 0.2) is 0 Å². The van der Waals surface area contributed by atoms with Crippen molar-refractivity contribution in [2.75, 3.05) is 0 Å². The minimum Gasteiger partial charge on any atom is -0.418 e. The molecular weight excluding hydrogens is 184 g/mol. The van der Waals surface area contributed by atoms with Crippen LogP contribution in [-0.4, -0.2) is 15.2 Å². The second-order valence-corrected chi connectivity index (χ2v) is 2.63. The van der Waals surface area contributed by atoms with Gasteiger partial charge >= 0.3 is 0 Å². The Labute approximate surface area is 78.8 Å². The van der Waals surface area contributed by atoms with E-state index in [-0.39, 0.29) is 18.0 Å². The van der Waals surface area contributed by atoms with Gasteiger partial charge in [-0.15, -0.1) is 10.2 Å². The van der Waals surface area contributed by atoms with Crippen molar-refractivity contribution in [3.8, 4) is 11.6 Å². The van der Waals surface area contributed by atoms with Gasteiger partial charge in [0.25, 0.3) is 5.89 Å². The summed E-state index contributed by atoms with van der Waals surface area (Å²) >= 11 is 0. The third-order valence-corrected chi connectivity index (χ3v) is 1.64. The fourth-order valence-corrected chi connectivity index (χ4v) is 1.02. The second-order valence-electron chi connectivity index (χ2n) is 2.63. The first-order valence-corrected chi connectivity index (χ1v) is 4.02. The molecule has 0 aliphatic carbocycles. The standard InChI is InChI=1S/C8H8N4O2/c9-4-7-11-12-8(14-7)5-2-1-3-6(13)10-5/h1-3H,4,9H2,(H,10,13). The van der Waals surface area contributed by atoms with Crippen molar-refractivity contribution < 1.29 is 4.42 Å². The SMILES string of the molecule is NCc1nnc(-c2cccc(=O)[nH]2)o1. The summed E-state index contributed by atoms with van der Waals surface area (Å²) in [5.41, 5.74) is 5.58. The summed E-state index contributed by atoms with van der Waals surface area (Å²) < 4.78 is 5.16. The van der Waals surface area contributed by atoms with Gasteiger partial charge in [-0.25, -0.2) is 0 Å². The Hall–Kier alpha value is -1.95. The van der Waals surface area contributed by atoms with E-state index in [1.54, 1.807) is 12.1 Å². The van der Waals surface area contributed by atoms with E-state index in [1.165, 1.54) is 6.07 Å². The van der Waals surface area contributed by atoms with Gasteiger partial charge in [-0.1, -0.05) is 6.07 Å². The zero-order valence-corrected chi connectivity index (χ0v) is 7.23. The van der Waals surface area contributed by atoms with Crippen molar-refractivity contribution in [3.63, 3.8) is 0 Å². The number of nitrogens with one attached hydrogen (secondary N) is 1. The highest BCUT2D eigenvalue weighted by Gasteiger charge is 2.06. The largest absolute Gasteiger partial charge is 0.418 e. The topological polar surface area (TPSA) is 97.8 Å². The Bertz CT molecular complexity index is 488. The quantitative estimate of drug-likeness (QED) is 0.691. The molecule has 2 heterocycles. The van der Waals surface area contributed by atoms with Crippen LogP contribution in [0, 0.1) is 0 Å². The van der Waals surface area contributed by atoms with E-state index in [0.29, 0.717) is 11.6 Å². The van der Waals surface area contributed by atoms with Crippen LogP contribution >= 0.6 is 0 Å². The molecule has 2 rings (SSSR count). The molecule has 0 saturated carbocycles. The molecule has 0 atom stereocenters. The third kappa shape index (κ3) is 1.55. The minimum atomic E-state index is -0.213. The number of nitrogens with two attached hydrogens (primary N) is 1. The molecule has 6 heteroatoms. The Morgan fingerprint density at radius 3 is 2.93 bits per heavy atom. The van der Waals surface area contributed by atoms with Gasteiger partial charge in [0.2, 0.25) is 11.4 Å². The summed E-state index contributed by atoms with van der Waals surface area (Å²) in [5, 5.41) is 7.41. The van der Waals surface area contributed by atoms with E-state index in [2.05, 4.69) is 15.2 Å². The molecule has 2 aromatic rings. The molecule has 0 saturated heterocycles. The molecule has 0 unspecified atom stereocenters. The predicted octanol–water partition coefficient (Wildman–Crippen LogP) is -0.116. The Kier molecular flexibility index (Phi) is 2.11. The van der Waals surface area contributed by atoms with Crippen LogP contribution < -0.4 is 11.3 Å². The van der Waals surface area contributed by atoms with Gasteiger partial charge in [0.1, 0.15) is 5.69 Å². The van der Waals surface area contributed by atoms with E-state index in [1.807, 2.05) is 0 Å². The molecule has 6 nitrogen and oxygen atoms in total. The molecule has 14 heavy (non-hydrogen) atoms. The van der Waals surface area contributed by atoms with Crippen molar-refractivity contribution >= 4 is 0 Å². The van der Waals surface area contributed by atoms with Gasteiger partial charge in [-0.2, -0.15) is 0 Å². The van der Waals surface area contributed by atoms with Crippen LogP contribution in [0.2, 0.25) is 0 Å². The smallest absolute Gasteiger partial charge is 0.264 e. The number of aromatic nitrogens is 3. The van der Waals surface area contributed by atoms with Crippen LogP contribution in [-0.2, 0) is 6.54 Å². The molecule has 0 spiro atoms. The highest BCUT2D eigenvalue weighted by molar-refractivity contribution is 5.44. The van der Waals surface area contributed by atoms with Crippen molar-refractivity contribution in [3.05, 3.63) is 34.4 Å². The lowest BCUT2D eigenvalue weighted by Crippen LogP contribution is -2.03. The molecular formula is C8H8N4O2. The molecule has 2 aromatic heterocycles. The van der Waals surface area contributed by atoms with Gasteiger partial charge in [0, 0.05) is 6.07 Å². The molecule has 0 aromatic carbocycles. The van der Waals surface area contributed by atoms with E-state index < -0.39 is 0 Å². The highest BCUT2D eigenvalue weighted by Crippen LogP contribution is 2.12. The Morgan fingerprint density at radius 1 is 1.43 bits per heavy atom. The summed E-state index contributed by atoms with van der Waals surface area (Å²) in [6, 6.07) is 4.69. The van der Waals surface area contributed by atoms with Crippen LogP contribution in [0.25, 0.3) is 11.6 Å². The average Bonchev–Trinajstić information content (AvgIpc) is 2.66. The van der Waals surface area contributed by atoms with Crippen LogP contribution in [0.4, 0.5) is 0 Å². The van der Waals surface area contributed by atoms with Gasteiger partial charge in [-0.3, -0.25) is 4.79 Å². The van der Waals surface area contributed by atoms with Crippen molar-refractivity contribution in [1.82, 2.24) is 15.2 Å². The molecule has 0 radical (unpaired) electrons. The number of hydrogen-bond acceptors (Lipinski definition) is 5. The second kappa shape index (κ2) is 3.43. The maximum absolute atomic E-state index is 11.0. The zero-order chi connectivity index (χ0) is 9.97. The molecule has 0 amide bonds. The zero-order valence-electron chi connectivity index (χ0n) is 7.23. The summed E-state index contributed by atoms with van der Waals surface area (Å²) in [5.74, 6) is 0.604. The first kappa shape index (κ1) is 8.64. The number of rotatable bonds is 2. The van der Waals surface area contributed by atoms with E-state index >= 15 is 0 Å². The number of pyridine rings is 1. The first-order valence-electron chi connectivity index (χ1n) is 4.02. The maximum Gasteiger partial charge on any atom is 0.264 e. The summed E-state index contributed by atoms with van der Waals surface area (Å²) in [7, 11) is 0. The van der Waals surface area contributed by atoms with Crippen molar-refractivity contribution in [1.29, 1.82) is 0 Å². The van der Waals surface area contributed by atoms with E-state index in [4.69, 9.17) is 10.2 Å².